The zero-order valence-electron chi connectivity index (χ0n) is 10.0. The largest absolute Gasteiger partial charge is 0.0764 e. The van der Waals surface area contributed by atoms with Crippen LogP contribution in [0.5, 0.6) is 0 Å². The van der Waals surface area contributed by atoms with Crippen LogP contribution in [0.1, 0.15) is 29.9 Å². The minimum absolute atomic E-state index is 0.621. The second-order valence-corrected chi connectivity index (χ2v) is 5.46. The Hall–Kier alpha value is -1.56. The Morgan fingerprint density at radius 1 is 1.00 bits per heavy atom. The zero-order chi connectivity index (χ0) is 11.4. The SMILES string of the molecule is CC1c2ccccc2C2C3C=CC=CC3=CC12. The Morgan fingerprint density at radius 3 is 2.71 bits per heavy atom. The maximum Gasteiger partial charge on any atom is 0.00927 e. The summed E-state index contributed by atoms with van der Waals surface area (Å²) in [7, 11) is 0. The van der Waals surface area contributed by atoms with Gasteiger partial charge in [0.25, 0.3) is 0 Å². The van der Waals surface area contributed by atoms with Gasteiger partial charge in [0.1, 0.15) is 0 Å². The van der Waals surface area contributed by atoms with Crippen molar-refractivity contribution in [3.05, 3.63) is 71.3 Å². The van der Waals surface area contributed by atoms with Crippen molar-refractivity contribution >= 4 is 0 Å². The number of hydrogen-bond acceptors (Lipinski definition) is 0. The van der Waals surface area contributed by atoms with Crippen LogP contribution in [0.4, 0.5) is 0 Å². The van der Waals surface area contributed by atoms with Gasteiger partial charge in [0, 0.05) is 11.8 Å². The fourth-order valence-electron chi connectivity index (χ4n) is 3.92. The van der Waals surface area contributed by atoms with E-state index in [0.717, 1.165) is 0 Å². The lowest BCUT2D eigenvalue weighted by atomic mass is 9.82. The minimum atomic E-state index is 0.621. The molecule has 4 rings (SSSR count). The third kappa shape index (κ3) is 1.13. The Morgan fingerprint density at radius 2 is 1.82 bits per heavy atom. The summed E-state index contributed by atoms with van der Waals surface area (Å²) in [6.07, 6.45) is 11.6. The van der Waals surface area contributed by atoms with Crippen molar-refractivity contribution in [2.75, 3.05) is 0 Å². The van der Waals surface area contributed by atoms with Gasteiger partial charge in [0.2, 0.25) is 0 Å². The summed E-state index contributed by atoms with van der Waals surface area (Å²) in [6.45, 7) is 2.38. The molecular weight excluding hydrogens is 204 g/mol. The van der Waals surface area contributed by atoms with Crippen LogP contribution >= 0.6 is 0 Å². The lowest BCUT2D eigenvalue weighted by Crippen LogP contribution is -2.10. The standard InChI is InChI=1S/C17H16/c1-11-13-7-4-5-9-15(13)17-14-8-3-2-6-12(14)10-16(11)17/h2-11,14,16-17H,1H3. The summed E-state index contributed by atoms with van der Waals surface area (Å²) in [6, 6.07) is 9.01. The molecule has 1 aromatic carbocycles. The van der Waals surface area contributed by atoms with E-state index >= 15 is 0 Å². The molecule has 1 aromatic rings. The van der Waals surface area contributed by atoms with E-state index < -0.39 is 0 Å². The van der Waals surface area contributed by atoms with Gasteiger partial charge in [-0.3, -0.25) is 0 Å². The molecule has 0 fully saturated rings. The van der Waals surface area contributed by atoms with Crippen LogP contribution in [0, 0.1) is 11.8 Å². The Kier molecular flexibility index (Phi) is 1.80. The summed E-state index contributed by atoms with van der Waals surface area (Å²) < 4.78 is 0. The predicted molar refractivity (Wildman–Crippen MR) is 70.9 cm³/mol. The molecule has 0 bridgehead atoms. The summed E-state index contributed by atoms with van der Waals surface area (Å²) >= 11 is 0. The molecule has 0 saturated carbocycles. The monoisotopic (exact) mass is 220 g/mol. The van der Waals surface area contributed by atoms with Crippen molar-refractivity contribution in [3.8, 4) is 0 Å². The van der Waals surface area contributed by atoms with Crippen molar-refractivity contribution < 1.29 is 0 Å². The molecule has 0 spiro atoms. The topological polar surface area (TPSA) is 0 Å². The van der Waals surface area contributed by atoms with E-state index in [1.54, 1.807) is 11.1 Å². The maximum atomic E-state index is 2.51. The van der Waals surface area contributed by atoms with Crippen LogP contribution in [-0.4, -0.2) is 0 Å². The normalized spacial score (nSPS) is 36.4. The molecule has 0 saturated heterocycles. The minimum Gasteiger partial charge on any atom is -0.0764 e. The van der Waals surface area contributed by atoms with E-state index in [2.05, 4.69) is 61.6 Å². The van der Waals surface area contributed by atoms with Gasteiger partial charge in [-0.2, -0.15) is 0 Å². The number of fused-ring (bicyclic) bond motifs is 5. The fourth-order valence-corrected chi connectivity index (χ4v) is 3.92. The van der Waals surface area contributed by atoms with Gasteiger partial charge >= 0.3 is 0 Å². The molecule has 84 valence electrons. The van der Waals surface area contributed by atoms with Gasteiger partial charge in [-0.15, -0.1) is 0 Å². The third-order valence-electron chi connectivity index (χ3n) is 4.71. The van der Waals surface area contributed by atoms with Gasteiger partial charge in [-0.1, -0.05) is 61.6 Å². The van der Waals surface area contributed by atoms with E-state index in [1.807, 2.05) is 0 Å². The molecule has 0 aliphatic heterocycles. The second kappa shape index (κ2) is 3.22. The van der Waals surface area contributed by atoms with Crippen molar-refractivity contribution in [1.82, 2.24) is 0 Å². The van der Waals surface area contributed by atoms with Crippen molar-refractivity contribution in [2.45, 2.75) is 18.8 Å². The molecule has 0 amide bonds. The molecule has 0 heterocycles. The first-order valence-electron chi connectivity index (χ1n) is 6.51. The lowest BCUT2D eigenvalue weighted by molar-refractivity contribution is 0.475. The molecule has 0 heteroatoms. The fraction of sp³-hybridized carbons (Fsp3) is 0.294. The molecule has 0 nitrogen and oxygen atoms in total. The number of benzene rings is 1. The Balaban J connectivity index is 1.88. The van der Waals surface area contributed by atoms with Crippen LogP contribution in [-0.2, 0) is 0 Å². The van der Waals surface area contributed by atoms with Gasteiger partial charge in [-0.05, 0) is 28.5 Å². The maximum absolute atomic E-state index is 2.51. The molecule has 0 aromatic heterocycles. The van der Waals surface area contributed by atoms with Crippen molar-refractivity contribution in [1.29, 1.82) is 0 Å². The van der Waals surface area contributed by atoms with Gasteiger partial charge in [-0.25, -0.2) is 0 Å². The van der Waals surface area contributed by atoms with Crippen molar-refractivity contribution in [3.63, 3.8) is 0 Å². The molecule has 17 heavy (non-hydrogen) atoms. The molecule has 4 unspecified atom stereocenters. The molecule has 0 radical (unpaired) electrons. The molecule has 0 N–H and O–H groups in total. The average molecular weight is 220 g/mol. The zero-order valence-corrected chi connectivity index (χ0v) is 10.0. The molecule has 4 atom stereocenters. The summed E-state index contributed by atoms with van der Waals surface area (Å²) in [4.78, 5) is 0. The predicted octanol–water partition coefficient (Wildman–Crippen LogP) is 4.19. The van der Waals surface area contributed by atoms with E-state index in [9.17, 15) is 0 Å². The van der Waals surface area contributed by atoms with Crippen LogP contribution in [0.15, 0.2) is 60.2 Å². The first-order valence-corrected chi connectivity index (χ1v) is 6.51. The molecule has 3 aliphatic carbocycles. The van der Waals surface area contributed by atoms with Gasteiger partial charge < -0.3 is 0 Å². The first kappa shape index (κ1) is 9.47. The van der Waals surface area contributed by atoms with Crippen LogP contribution < -0.4 is 0 Å². The summed E-state index contributed by atoms with van der Waals surface area (Å²) in [5, 5.41) is 0. The average Bonchev–Trinajstić information content (AvgIpc) is 2.88. The highest BCUT2D eigenvalue weighted by Crippen LogP contribution is 2.57. The summed E-state index contributed by atoms with van der Waals surface area (Å²) in [5.74, 6) is 2.70. The van der Waals surface area contributed by atoms with Crippen LogP contribution in [0.25, 0.3) is 0 Å². The van der Waals surface area contributed by atoms with Crippen LogP contribution in [0.3, 0.4) is 0 Å². The smallest absolute Gasteiger partial charge is 0.00927 e. The number of allylic oxidation sites excluding steroid dienone is 6. The van der Waals surface area contributed by atoms with E-state index in [1.165, 1.54) is 5.57 Å². The third-order valence-corrected chi connectivity index (χ3v) is 4.71. The Bertz CT molecular complexity index is 559. The quantitative estimate of drug-likeness (QED) is 0.615. The highest BCUT2D eigenvalue weighted by atomic mass is 14.5. The highest BCUT2D eigenvalue weighted by molar-refractivity contribution is 5.51. The van der Waals surface area contributed by atoms with E-state index in [-0.39, 0.29) is 0 Å². The Labute approximate surface area is 102 Å². The number of hydrogen-bond donors (Lipinski definition) is 0. The van der Waals surface area contributed by atoms with Crippen molar-refractivity contribution in [2.24, 2.45) is 11.8 Å². The first-order chi connectivity index (χ1) is 8.36. The second-order valence-electron chi connectivity index (χ2n) is 5.46. The summed E-state index contributed by atoms with van der Waals surface area (Å²) in [5.41, 5.74) is 4.69. The molecule has 3 aliphatic rings. The van der Waals surface area contributed by atoms with Gasteiger partial charge in [0.15, 0.2) is 0 Å². The van der Waals surface area contributed by atoms with Gasteiger partial charge in [0.05, 0.1) is 0 Å². The highest BCUT2D eigenvalue weighted by Gasteiger charge is 2.45. The molecular formula is C17H16. The van der Waals surface area contributed by atoms with E-state index in [0.29, 0.717) is 23.7 Å². The van der Waals surface area contributed by atoms with E-state index in [4.69, 9.17) is 0 Å². The van der Waals surface area contributed by atoms with Crippen LogP contribution in [0.2, 0.25) is 0 Å². The lowest BCUT2D eigenvalue weighted by Gasteiger charge is -2.21. The number of rotatable bonds is 0.